The van der Waals surface area contributed by atoms with E-state index in [1.165, 1.54) is 5.57 Å². The molecule has 0 aromatic heterocycles. The molecule has 2 aliphatic heterocycles. The van der Waals surface area contributed by atoms with Crippen LogP contribution in [0.5, 0.6) is 0 Å². The maximum atomic E-state index is 12.8. The fourth-order valence-corrected chi connectivity index (χ4v) is 4.03. The van der Waals surface area contributed by atoms with Crippen molar-refractivity contribution in [2.75, 3.05) is 0 Å². The van der Waals surface area contributed by atoms with Gasteiger partial charge in [0.2, 0.25) is 0 Å². The van der Waals surface area contributed by atoms with E-state index >= 15 is 0 Å². The van der Waals surface area contributed by atoms with Crippen LogP contribution in [-0.4, -0.2) is 40.2 Å². The first-order valence-electron chi connectivity index (χ1n) is 10.5. The average Bonchev–Trinajstić information content (AvgIpc) is 2.57. The molecule has 29 heavy (non-hydrogen) atoms. The zero-order chi connectivity index (χ0) is 21.4. The molecular formula is C24H33NO4. The Morgan fingerprint density at radius 3 is 2.31 bits per heavy atom. The molecule has 1 amide bonds. The van der Waals surface area contributed by atoms with Gasteiger partial charge < -0.3 is 9.47 Å². The second kappa shape index (κ2) is 7.85. The van der Waals surface area contributed by atoms with Crippen LogP contribution < -0.4 is 0 Å². The molecule has 1 aromatic carbocycles. The molecule has 0 spiro atoms. The van der Waals surface area contributed by atoms with Crippen LogP contribution in [-0.2, 0) is 9.47 Å². The number of carbonyl (C=O) groups excluding carboxylic acids is 2. The molecule has 5 nitrogen and oxygen atoms in total. The van der Waals surface area contributed by atoms with Gasteiger partial charge in [0.1, 0.15) is 11.2 Å². The summed E-state index contributed by atoms with van der Waals surface area (Å²) in [5.41, 5.74) is 1.73. The monoisotopic (exact) mass is 399 g/mol. The van der Waals surface area contributed by atoms with Gasteiger partial charge in [-0.2, -0.15) is 0 Å². The van der Waals surface area contributed by atoms with Crippen molar-refractivity contribution in [3.63, 3.8) is 0 Å². The number of carbonyl (C=O) groups is 2. The van der Waals surface area contributed by atoms with Crippen LogP contribution in [0, 0.1) is 0 Å². The predicted molar refractivity (Wildman–Crippen MR) is 114 cm³/mol. The number of ether oxygens (including phenoxy) is 2. The van der Waals surface area contributed by atoms with E-state index in [1.807, 2.05) is 64.6 Å². The van der Waals surface area contributed by atoms with E-state index in [1.54, 1.807) is 6.07 Å². The largest absolute Gasteiger partial charge is 0.456 e. The Morgan fingerprint density at radius 2 is 1.69 bits per heavy atom. The van der Waals surface area contributed by atoms with Crippen molar-refractivity contribution in [3.8, 4) is 0 Å². The lowest BCUT2D eigenvalue weighted by atomic mass is 9.83. The van der Waals surface area contributed by atoms with Gasteiger partial charge in [-0.1, -0.05) is 18.2 Å². The highest BCUT2D eigenvalue weighted by Gasteiger charge is 2.39. The zero-order valence-electron chi connectivity index (χ0n) is 18.5. The number of rotatable bonds is 2. The lowest BCUT2D eigenvalue weighted by Gasteiger charge is -2.45. The average molecular weight is 400 g/mol. The van der Waals surface area contributed by atoms with E-state index in [0.717, 1.165) is 31.2 Å². The van der Waals surface area contributed by atoms with Gasteiger partial charge in [0.25, 0.3) is 0 Å². The van der Waals surface area contributed by atoms with Gasteiger partial charge in [0.05, 0.1) is 11.6 Å². The second-order valence-electron chi connectivity index (χ2n) is 10.0. The first-order chi connectivity index (χ1) is 13.4. The fourth-order valence-electron chi connectivity index (χ4n) is 4.03. The smallest absolute Gasteiger partial charge is 0.411 e. The number of piperidine rings is 1. The second-order valence-corrected chi connectivity index (χ2v) is 10.0. The van der Waals surface area contributed by atoms with Gasteiger partial charge in [-0.3, -0.25) is 4.90 Å². The summed E-state index contributed by atoms with van der Waals surface area (Å²) >= 11 is 0. The van der Waals surface area contributed by atoms with Crippen molar-refractivity contribution in [2.45, 2.75) is 90.5 Å². The Labute approximate surface area is 174 Å². The number of fused-ring (bicyclic) bond motifs is 2. The molecule has 1 fully saturated rings. The van der Waals surface area contributed by atoms with Crippen LogP contribution in [0.2, 0.25) is 0 Å². The third kappa shape index (κ3) is 5.40. The molecule has 5 heteroatoms. The Morgan fingerprint density at radius 1 is 1.00 bits per heavy atom. The van der Waals surface area contributed by atoms with Gasteiger partial charge in [0.15, 0.2) is 0 Å². The molecule has 158 valence electrons. The summed E-state index contributed by atoms with van der Waals surface area (Å²) in [7, 11) is 0. The molecule has 2 unspecified atom stereocenters. The highest BCUT2D eigenvalue weighted by Crippen LogP contribution is 2.38. The van der Waals surface area contributed by atoms with E-state index in [-0.39, 0.29) is 24.1 Å². The molecule has 3 rings (SSSR count). The molecular weight excluding hydrogens is 366 g/mol. The van der Waals surface area contributed by atoms with Crippen molar-refractivity contribution in [2.24, 2.45) is 0 Å². The Kier molecular flexibility index (Phi) is 5.79. The van der Waals surface area contributed by atoms with Crippen LogP contribution in [0.25, 0.3) is 5.57 Å². The molecule has 0 aliphatic carbocycles. The molecule has 2 bridgehead atoms. The van der Waals surface area contributed by atoms with Crippen LogP contribution in [0.15, 0.2) is 30.3 Å². The lowest BCUT2D eigenvalue weighted by molar-refractivity contribution is -0.0000560. The number of esters is 1. The predicted octanol–water partition coefficient (Wildman–Crippen LogP) is 5.59. The topological polar surface area (TPSA) is 55.8 Å². The van der Waals surface area contributed by atoms with E-state index < -0.39 is 11.2 Å². The van der Waals surface area contributed by atoms with Crippen LogP contribution >= 0.6 is 0 Å². The minimum Gasteiger partial charge on any atom is -0.456 e. The normalized spacial score (nSPS) is 22.0. The quantitative estimate of drug-likeness (QED) is 0.609. The van der Waals surface area contributed by atoms with E-state index in [0.29, 0.717) is 5.56 Å². The van der Waals surface area contributed by atoms with Gasteiger partial charge in [-0.25, -0.2) is 9.59 Å². The summed E-state index contributed by atoms with van der Waals surface area (Å²) in [6.45, 7) is 11.3. The molecule has 1 aromatic rings. The van der Waals surface area contributed by atoms with Gasteiger partial charge in [-0.15, -0.1) is 0 Å². The number of benzene rings is 1. The third-order valence-corrected chi connectivity index (χ3v) is 5.11. The third-order valence-electron chi connectivity index (χ3n) is 5.11. The van der Waals surface area contributed by atoms with Gasteiger partial charge in [-0.05, 0) is 90.5 Å². The highest BCUT2D eigenvalue weighted by molar-refractivity contribution is 5.91. The van der Waals surface area contributed by atoms with Crippen LogP contribution in [0.3, 0.4) is 0 Å². The minimum atomic E-state index is -0.526. The fraction of sp³-hybridized carbons (Fsp3) is 0.583. The first-order valence-corrected chi connectivity index (χ1v) is 10.5. The molecule has 0 saturated carbocycles. The molecule has 0 radical (unpaired) electrons. The number of amides is 1. The zero-order valence-corrected chi connectivity index (χ0v) is 18.5. The minimum absolute atomic E-state index is 0.0394. The van der Waals surface area contributed by atoms with Gasteiger partial charge in [0, 0.05) is 6.04 Å². The maximum absolute atomic E-state index is 12.8. The number of hydrogen-bond acceptors (Lipinski definition) is 4. The van der Waals surface area contributed by atoms with Gasteiger partial charge >= 0.3 is 12.1 Å². The van der Waals surface area contributed by atoms with Crippen molar-refractivity contribution < 1.29 is 19.1 Å². The SMILES string of the molecule is CC(C)(C)OC(=O)c1cccc(C2=CC3CCCC(C2)N3C(=O)OC(C)(C)C)c1. The van der Waals surface area contributed by atoms with E-state index in [9.17, 15) is 9.59 Å². The summed E-state index contributed by atoms with van der Waals surface area (Å²) in [5.74, 6) is -0.314. The highest BCUT2D eigenvalue weighted by atomic mass is 16.6. The van der Waals surface area contributed by atoms with Crippen molar-refractivity contribution in [1.82, 2.24) is 4.90 Å². The Hall–Kier alpha value is -2.30. The first kappa shape index (κ1) is 21.4. The summed E-state index contributed by atoms with van der Waals surface area (Å²) < 4.78 is 11.2. The summed E-state index contributed by atoms with van der Waals surface area (Å²) in [6.07, 6.45) is 5.73. The number of hydrogen-bond donors (Lipinski definition) is 0. The van der Waals surface area contributed by atoms with E-state index in [4.69, 9.17) is 9.47 Å². The molecule has 2 atom stereocenters. The molecule has 1 saturated heterocycles. The summed E-state index contributed by atoms with van der Waals surface area (Å²) in [6, 6.07) is 7.78. The van der Waals surface area contributed by atoms with Crippen molar-refractivity contribution in [1.29, 1.82) is 0 Å². The summed E-state index contributed by atoms with van der Waals surface area (Å²) in [4.78, 5) is 27.1. The summed E-state index contributed by atoms with van der Waals surface area (Å²) in [5, 5.41) is 0. The van der Waals surface area contributed by atoms with Crippen LogP contribution in [0.4, 0.5) is 4.79 Å². The van der Waals surface area contributed by atoms with Crippen LogP contribution in [0.1, 0.15) is 83.1 Å². The molecule has 2 heterocycles. The lowest BCUT2D eigenvalue weighted by Crippen LogP contribution is -2.53. The maximum Gasteiger partial charge on any atom is 0.411 e. The number of nitrogens with zero attached hydrogens (tertiary/aromatic N) is 1. The molecule has 0 N–H and O–H groups in total. The Bertz CT molecular complexity index is 813. The van der Waals surface area contributed by atoms with E-state index in [2.05, 4.69) is 6.08 Å². The van der Waals surface area contributed by atoms with Crippen molar-refractivity contribution >= 4 is 17.6 Å². The van der Waals surface area contributed by atoms with Crippen molar-refractivity contribution in [3.05, 3.63) is 41.5 Å². The molecule has 2 aliphatic rings. The Balaban J connectivity index is 1.83. The standard InChI is InChI=1S/C24H33NO4/c1-23(2,3)28-21(26)17-10-7-9-16(13-17)18-14-19-11-8-12-20(15-18)25(19)22(27)29-24(4,5)6/h7,9-10,13-14,19-20H,8,11-12,15H2,1-6H3.